The molecule has 2 N–H and O–H groups in total. The molecule has 45 heavy (non-hydrogen) atoms. The zero-order valence-corrected chi connectivity index (χ0v) is 28.3. The molecule has 3 aromatic rings. The number of aromatic nitrogens is 2. The number of carbonyl (C=O) groups is 1. The molecule has 0 saturated carbocycles. The molecule has 1 amide bonds. The SMILES string of the molecule is CCCOCCC(=O)N1CCC(c2cc(OCC)c(Nc3ncc(Cl)c(Nc4ccccc4S(=O)(=O)C(C)C)n3)cc2C)CC1. The first kappa shape index (κ1) is 34.5. The minimum absolute atomic E-state index is 0.151. The molecule has 1 fully saturated rings. The predicted molar refractivity (Wildman–Crippen MR) is 179 cm³/mol. The largest absolute Gasteiger partial charge is 0.492 e. The monoisotopic (exact) mass is 657 g/mol. The Labute approximate surface area is 271 Å². The van der Waals surface area contributed by atoms with E-state index >= 15 is 0 Å². The van der Waals surface area contributed by atoms with Crippen molar-refractivity contribution < 1.29 is 22.7 Å². The lowest BCUT2D eigenvalue weighted by atomic mass is 9.86. The third kappa shape index (κ3) is 8.65. The Kier molecular flexibility index (Phi) is 12.0. The number of hydrogen-bond donors (Lipinski definition) is 2. The number of nitrogens with one attached hydrogen (secondary N) is 2. The van der Waals surface area contributed by atoms with Gasteiger partial charge in [0.1, 0.15) is 10.8 Å². The second kappa shape index (κ2) is 15.7. The number of carbonyl (C=O) groups excluding carboxylic acids is 1. The fourth-order valence-electron chi connectivity index (χ4n) is 5.36. The second-order valence-electron chi connectivity index (χ2n) is 11.4. The summed E-state index contributed by atoms with van der Waals surface area (Å²) in [4.78, 5) is 23.7. The third-order valence-corrected chi connectivity index (χ3v) is 10.3. The van der Waals surface area contributed by atoms with Gasteiger partial charge in [-0.1, -0.05) is 30.7 Å². The molecule has 1 aliphatic heterocycles. The van der Waals surface area contributed by atoms with E-state index in [1.807, 2.05) is 17.9 Å². The first-order valence-corrected chi connectivity index (χ1v) is 17.5. The number of nitrogens with zero attached hydrogens (tertiary/aromatic N) is 3. The smallest absolute Gasteiger partial charge is 0.229 e. The van der Waals surface area contributed by atoms with Crippen LogP contribution in [-0.2, 0) is 19.4 Å². The first-order valence-electron chi connectivity index (χ1n) is 15.6. The van der Waals surface area contributed by atoms with E-state index < -0.39 is 15.1 Å². The highest BCUT2D eigenvalue weighted by molar-refractivity contribution is 7.92. The van der Waals surface area contributed by atoms with E-state index in [1.165, 1.54) is 11.8 Å². The standard InChI is InChI=1S/C33H44ClN5O5S/c1-6-17-43-18-14-31(40)39-15-12-24(13-16-39)25-20-29(44-7-2)28(19-23(25)5)37-33-35-21-26(34)32(38-33)36-27-10-8-9-11-30(27)45(41,42)22(3)4/h8-11,19-22,24H,6-7,12-18H2,1-5H3,(H2,35,36,37,38). The number of amides is 1. The van der Waals surface area contributed by atoms with E-state index in [4.69, 9.17) is 21.1 Å². The average Bonchev–Trinajstić information content (AvgIpc) is 3.02. The number of likely N-dealkylation sites (tertiary alicyclic amines) is 1. The summed E-state index contributed by atoms with van der Waals surface area (Å²) in [5, 5.41) is 6.01. The highest BCUT2D eigenvalue weighted by Gasteiger charge is 2.26. The average molecular weight is 658 g/mol. The lowest BCUT2D eigenvalue weighted by Crippen LogP contribution is -2.38. The molecule has 1 saturated heterocycles. The van der Waals surface area contributed by atoms with Crippen LogP contribution < -0.4 is 15.4 Å². The van der Waals surface area contributed by atoms with Crippen molar-refractivity contribution in [2.45, 2.75) is 76.4 Å². The van der Waals surface area contributed by atoms with E-state index in [0.29, 0.717) is 49.3 Å². The minimum atomic E-state index is -3.55. The van der Waals surface area contributed by atoms with Crippen molar-refractivity contribution in [2.75, 3.05) is 43.5 Å². The van der Waals surface area contributed by atoms with Crippen LogP contribution in [-0.4, -0.2) is 67.4 Å². The molecule has 1 aliphatic rings. The van der Waals surface area contributed by atoms with Gasteiger partial charge in [0.2, 0.25) is 11.9 Å². The predicted octanol–water partition coefficient (Wildman–Crippen LogP) is 7.03. The summed E-state index contributed by atoms with van der Waals surface area (Å²) in [5.74, 6) is 1.67. The van der Waals surface area contributed by atoms with Gasteiger partial charge in [-0.15, -0.1) is 0 Å². The summed E-state index contributed by atoms with van der Waals surface area (Å²) in [5.41, 5.74) is 3.38. The highest BCUT2D eigenvalue weighted by Crippen LogP contribution is 2.38. The molecule has 10 nitrogen and oxygen atoms in total. The Morgan fingerprint density at radius 3 is 2.51 bits per heavy atom. The minimum Gasteiger partial charge on any atom is -0.492 e. The number of benzene rings is 2. The number of rotatable bonds is 14. The third-order valence-electron chi connectivity index (χ3n) is 7.82. The van der Waals surface area contributed by atoms with Crippen LogP contribution in [0.15, 0.2) is 47.5 Å². The summed E-state index contributed by atoms with van der Waals surface area (Å²) < 4.78 is 37.5. The molecule has 0 unspecified atom stereocenters. The molecule has 0 atom stereocenters. The van der Waals surface area contributed by atoms with Crippen molar-refractivity contribution >= 4 is 50.5 Å². The molecular formula is C33H44ClN5O5S. The maximum Gasteiger partial charge on any atom is 0.229 e. The fourth-order valence-corrected chi connectivity index (χ4v) is 6.70. The first-order chi connectivity index (χ1) is 21.5. The maximum atomic E-state index is 13.0. The molecule has 12 heteroatoms. The number of ether oxygens (including phenoxy) is 2. The number of piperidine rings is 1. The van der Waals surface area contributed by atoms with Gasteiger partial charge in [-0.25, -0.2) is 13.4 Å². The number of hydrogen-bond acceptors (Lipinski definition) is 9. The topological polar surface area (TPSA) is 123 Å². The fraction of sp³-hybridized carbons (Fsp3) is 0.485. The Hall–Kier alpha value is -3.41. The zero-order chi connectivity index (χ0) is 32.6. The van der Waals surface area contributed by atoms with E-state index in [9.17, 15) is 13.2 Å². The van der Waals surface area contributed by atoms with Crippen molar-refractivity contribution in [3.63, 3.8) is 0 Å². The van der Waals surface area contributed by atoms with E-state index in [-0.39, 0.29) is 27.6 Å². The van der Waals surface area contributed by atoms with Crippen molar-refractivity contribution in [2.24, 2.45) is 0 Å². The lowest BCUT2D eigenvalue weighted by molar-refractivity contribution is -0.133. The Morgan fingerprint density at radius 2 is 1.82 bits per heavy atom. The summed E-state index contributed by atoms with van der Waals surface area (Å²) in [6.45, 7) is 12.4. The van der Waals surface area contributed by atoms with E-state index in [1.54, 1.807) is 38.1 Å². The summed E-state index contributed by atoms with van der Waals surface area (Å²) in [6.07, 6.45) is 4.59. The van der Waals surface area contributed by atoms with Gasteiger partial charge >= 0.3 is 0 Å². The quantitative estimate of drug-likeness (QED) is 0.176. The molecule has 2 heterocycles. The van der Waals surface area contributed by atoms with Gasteiger partial charge in [0, 0.05) is 19.7 Å². The van der Waals surface area contributed by atoms with Gasteiger partial charge in [-0.2, -0.15) is 4.98 Å². The molecule has 1 aromatic heterocycles. The molecule has 244 valence electrons. The van der Waals surface area contributed by atoms with Crippen LogP contribution in [0, 0.1) is 6.92 Å². The van der Waals surface area contributed by atoms with Crippen LogP contribution >= 0.6 is 11.6 Å². The van der Waals surface area contributed by atoms with Crippen LogP contribution in [0.3, 0.4) is 0 Å². The van der Waals surface area contributed by atoms with Gasteiger partial charge in [0.15, 0.2) is 15.7 Å². The van der Waals surface area contributed by atoms with Gasteiger partial charge in [0.05, 0.1) is 47.4 Å². The van der Waals surface area contributed by atoms with Crippen molar-refractivity contribution in [1.82, 2.24) is 14.9 Å². The number of para-hydroxylation sites is 1. The number of sulfone groups is 1. The highest BCUT2D eigenvalue weighted by atomic mass is 35.5. The van der Waals surface area contributed by atoms with Crippen LogP contribution in [0.2, 0.25) is 5.02 Å². The normalized spacial score (nSPS) is 14.1. The maximum absolute atomic E-state index is 13.0. The molecular weight excluding hydrogens is 614 g/mol. The number of aryl methyl sites for hydroxylation is 1. The van der Waals surface area contributed by atoms with Crippen LogP contribution in [0.4, 0.5) is 23.1 Å². The van der Waals surface area contributed by atoms with Crippen LogP contribution in [0.25, 0.3) is 0 Å². The number of halogens is 1. The van der Waals surface area contributed by atoms with E-state index in [0.717, 1.165) is 37.9 Å². The Morgan fingerprint density at radius 1 is 1.09 bits per heavy atom. The summed E-state index contributed by atoms with van der Waals surface area (Å²) in [6, 6.07) is 10.8. The lowest BCUT2D eigenvalue weighted by Gasteiger charge is -2.33. The summed E-state index contributed by atoms with van der Waals surface area (Å²) >= 11 is 6.44. The van der Waals surface area contributed by atoms with Crippen molar-refractivity contribution in [3.8, 4) is 5.75 Å². The molecule has 0 bridgehead atoms. The van der Waals surface area contributed by atoms with Crippen molar-refractivity contribution in [1.29, 1.82) is 0 Å². The van der Waals surface area contributed by atoms with Gasteiger partial charge in [-0.3, -0.25) is 4.79 Å². The molecule has 0 radical (unpaired) electrons. The van der Waals surface area contributed by atoms with E-state index in [2.05, 4.69) is 40.5 Å². The van der Waals surface area contributed by atoms with Gasteiger partial charge in [-0.05, 0) is 88.3 Å². The van der Waals surface area contributed by atoms with Crippen LogP contribution in [0.1, 0.15) is 70.4 Å². The summed E-state index contributed by atoms with van der Waals surface area (Å²) in [7, 11) is -3.55. The Balaban J connectivity index is 1.51. The van der Waals surface area contributed by atoms with Gasteiger partial charge < -0.3 is 25.0 Å². The second-order valence-corrected chi connectivity index (χ2v) is 14.3. The van der Waals surface area contributed by atoms with Gasteiger partial charge in [0.25, 0.3) is 0 Å². The zero-order valence-electron chi connectivity index (χ0n) is 26.7. The molecule has 2 aromatic carbocycles. The molecule has 0 aliphatic carbocycles. The van der Waals surface area contributed by atoms with Crippen LogP contribution in [0.5, 0.6) is 5.75 Å². The number of anilines is 4. The Bertz CT molecular complexity index is 1580. The molecule has 0 spiro atoms. The van der Waals surface area contributed by atoms with Crippen molar-refractivity contribution in [3.05, 3.63) is 58.7 Å². The molecule has 4 rings (SSSR count).